The molecule has 19 heavy (non-hydrogen) atoms. The second-order valence-corrected chi connectivity index (χ2v) is 3.94. The summed E-state index contributed by atoms with van der Waals surface area (Å²) in [5, 5.41) is 0. The van der Waals surface area contributed by atoms with Gasteiger partial charge in [0, 0.05) is 26.3 Å². The molecule has 8 heteroatoms. The molecule has 0 saturated heterocycles. The Kier molecular flexibility index (Phi) is 3.91. The summed E-state index contributed by atoms with van der Waals surface area (Å²) < 4.78 is 78.2. The molecule has 1 radical (unpaired) electrons. The summed E-state index contributed by atoms with van der Waals surface area (Å²) in [5.74, 6) is -15.5. The van der Waals surface area contributed by atoms with Crippen LogP contribution < -0.4 is 0 Å². The quantitative estimate of drug-likeness (QED) is 0.464. The van der Waals surface area contributed by atoms with Crippen LogP contribution in [-0.4, -0.2) is 22.8 Å². The van der Waals surface area contributed by atoms with Crippen molar-refractivity contribution in [2.24, 2.45) is 0 Å². The van der Waals surface area contributed by atoms with Crippen LogP contribution in [0.5, 0.6) is 0 Å². The van der Waals surface area contributed by atoms with Crippen molar-refractivity contribution in [1.29, 1.82) is 0 Å². The van der Waals surface area contributed by atoms with E-state index in [1.807, 2.05) is 0 Å². The fourth-order valence-corrected chi connectivity index (χ4v) is 1.57. The molecule has 0 unspecified atom stereocenters. The summed E-state index contributed by atoms with van der Waals surface area (Å²) >= 11 is 0. The third-order valence-corrected chi connectivity index (χ3v) is 2.56. The summed E-state index contributed by atoms with van der Waals surface area (Å²) in [6.45, 7) is 1.50. The largest absolute Gasteiger partial charge is 0.360 e. The van der Waals surface area contributed by atoms with Crippen molar-refractivity contribution >= 4 is 5.57 Å². The number of aromatic nitrogens is 1. The monoisotopic (exact) mass is 459 g/mol. The van der Waals surface area contributed by atoms with Crippen LogP contribution in [0.2, 0.25) is 0 Å². The van der Waals surface area contributed by atoms with Gasteiger partial charge in [-0.25, -0.2) is 8.78 Å². The van der Waals surface area contributed by atoms with Gasteiger partial charge in [0.15, 0.2) is 0 Å². The van der Waals surface area contributed by atoms with E-state index < -0.39 is 29.0 Å². The van der Waals surface area contributed by atoms with E-state index in [4.69, 9.17) is 0 Å². The van der Waals surface area contributed by atoms with Crippen LogP contribution in [0.4, 0.5) is 26.3 Å². The van der Waals surface area contributed by atoms with Crippen LogP contribution >= 0.6 is 0 Å². The minimum atomic E-state index is -5.50. The molecule has 0 spiro atoms. The van der Waals surface area contributed by atoms with Crippen LogP contribution in [0, 0.1) is 13.0 Å². The van der Waals surface area contributed by atoms with Gasteiger partial charge in [-0.05, 0) is 13.0 Å². The van der Waals surface area contributed by atoms with E-state index in [0.717, 1.165) is 18.3 Å². The molecule has 2 rings (SSSR count). The van der Waals surface area contributed by atoms with Gasteiger partial charge in [-0.3, -0.25) is 0 Å². The number of hydrogen-bond acceptors (Lipinski definition) is 1. The van der Waals surface area contributed by atoms with Crippen LogP contribution in [0.15, 0.2) is 18.3 Å². The fraction of sp³-hybridized carbons (Fsp3) is 0.364. The van der Waals surface area contributed by atoms with Crippen molar-refractivity contribution in [3.05, 3.63) is 35.7 Å². The van der Waals surface area contributed by atoms with Gasteiger partial charge in [-0.15, -0.1) is 11.6 Å². The van der Waals surface area contributed by atoms with Gasteiger partial charge in [-0.1, -0.05) is 11.3 Å². The zero-order chi connectivity index (χ0) is 13.8. The van der Waals surface area contributed by atoms with E-state index in [-0.39, 0.29) is 20.1 Å². The Morgan fingerprint density at radius 2 is 1.68 bits per heavy atom. The molecule has 1 aliphatic carbocycles. The van der Waals surface area contributed by atoms with E-state index >= 15 is 0 Å². The maximum Gasteiger partial charge on any atom is 0.360 e. The van der Waals surface area contributed by atoms with E-state index in [1.165, 1.54) is 13.0 Å². The molecule has 1 heterocycles. The fourth-order valence-electron chi connectivity index (χ4n) is 1.57. The van der Waals surface area contributed by atoms with Crippen LogP contribution in [0.3, 0.4) is 0 Å². The zero-order valence-corrected chi connectivity index (χ0v) is 11.7. The van der Waals surface area contributed by atoms with Gasteiger partial charge >= 0.3 is 11.8 Å². The van der Waals surface area contributed by atoms with Crippen molar-refractivity contribution in [2.45, 2.75) is 24.7 Å². The molecule has 0 amide bonds. The molecule has 0 N–H and O–H groups in total. The first kappa shape index (κ1) is 16.2. The topological polar surface area (TPSA) is 12.9 Å². The molecule has 0 aliphatic heterocycles. The Hall–Kier alpha value is -0.881. The number of aryl methyl sites for hydroxylation is 1. The van der Waals surface area contributed by atoms with E-state index in [1.54, 1.807) is 0 Å². The Labute approximate surface area is 118 Å². The Morgan fingerprint density at radius 3 is 2.11 bits per heavy atom. The van der Waals surface area contributed by atoms with E-state index in [2.05, 4.69) is 4.98 Å². The third kappa shape index (κ3) is 2.21. The molecule has 107 valence electrons. The average molecular weight is 458 g/mol. The Morgan fingerprint density at radius 1 is 1.11 bits per heavy atom. The first-order chi connectivity index (χ1) is 8.09. The molecular weight excluding hydrogens is 452 g/mol. The zero-order valence-electron chi connectivity index (χ0n) is 9.28. The molecule has 1 aliphatic rings. The number of rotatable bonds is 1. The van der Waals surface area contributed by atoms with Gasteiger partial charge < -0.3 is 4.98 Å². The maximum atomic E-state index is 13.3. The van der Waals surface area contributed by atoms with Crippen molar-refractivity contribution < 1.29 is 46.4 Å². The molecule has 0 bridgehead atoms. The summed E-state index contributed by atoms with van der Waals surface area (Å²) in [6.07, 6.45) is 1.95. The molecule has 0 fully saturated rings. The number of nitrogens with zero attached hydrogens (tertiary/aromatic N) is 1. The van der Waals surface area contributed by atoms with E-state index in [9.17, 15) is 26.3 Å². The molecule has 0 aromatic carbocycles. The molecule has 1 aromatic heterocycles. The number of pyridine rings is 1. The third-order valence-electron chi connectivity index (χ3n) is 2.56. The molecular formula is C11H6F6IrN-. The molecule has 0 atom stereocenters. The molecule has 0 saturated carbocycles. The van der Waals surface area contributed by atoms with Gasteiger partial charge in [0.05, 0.1) is 0 Å². The summed E-state index contributed by atoms with van der Waals surface area (Å²) in [5.41, 5.74) is -1.76. The van der Waals surface area contributed by atoms with Crippen molar-refractivity contribution in [3.8, 4) is 0 Å². The van der Waals surface area contributed by atoms with Crippen LogP contribution in [0.1, 0.15) is 11.3 Å². The Balaban J connectivity index is 0.00000180. The van der Waals surface area contributed by atoms with Gasteiger partial charge in [0.25, 0.3) is 5.92 Å². The average Bonchev–Trinajstić information content (AvgIpc) is 2.36. The predicted octanol–water partition coefficient (Wildman–Crippen LogP) is 3.49. The van der Waals surface area contributed by atoms with Crippen molar-refractivity contribution in [3.63, 3.8) is 0 Å². The molecule has 1 aromatic rings. The number of hydrogen-bond donors (Lipinski definition) is 0. The normalized spacial score (nSPS) is 22.6. The summed E-state index contributed by atoms with van der Waals surface area (Å²) in [7, 11) is 0. The summed E-state index contributed by atoms with van der Waals surface area (Å²) in [6, 6.07) is 2.45. The SMILES string of the molecule is Cc1ccnc(C2=[C-]C(F)(F)C(F)(F)C2(F)F)c1.[Ir]. The van der Waals surface area contributed by atoms with Gasteiger partial charge in [0.1, 0.15) is 0 Å². The van der Waals surface area contributed by atoms with Crippen LogP contribution in [0.25, 0.3) is 5.57 Å². The maximum absolute atomic E-state index is 13.3. The van der Waals surface area contributed by atoms with Crippen LogP contribution in [-0.2, 0) is 20.1 Å². The standard InChI is InChI=1S/C11H6F6N.Ir/c1-6-2-3-18-8(4-6)7-5-9(12,13)11(16,17)10(7,14)15;/h2-4H,1H3;/q-1;. The molecule has 1 nitrogen and oxygen atoms in total. The second kappa shape index (κ2) is 4.59. The minimum Gasteiger partial charge on any atom is -0.351 e. The minimum absolute atomic E-state index is 0. The van der Waals surface area contributed by atoms with E-state index in [0.29, 0.717) is 5.56 Å². The van der Waals surface area contributed by atoms with Crippen molar-refractivity contribution in [2.75, 3.05) is 0 Å². The number of allylic oxidation sites excluding steroid dienone is 2. The number of alkyl halides is 6. The second-order valence-electron chi connectivity index (χ2n) is 3.94. The van der Waals surface area contributed by atoms with Gasteiger partial charge in [0.2, 0.25) is 0 Å². The number of halogens is 6. The summed E-state index contributed by atoms with van der Waals surface area (Å²) in [4.78, 5) is 3.40. The van der Waals surface area contributed by atoms with Crippen molar-refractivity contribution in [1.82, 2.24) is 4.98 Å². The predicted molar refractivity (Wildman–Crippen MR) is 50.5 cm³/mol. The van der Waals surface area contributed by atoms with Gasteiger partial charge in [-0.2, -0.15) is 23.6 Å². The first-order valence-corrected chi connectivity index (χ1v) is 4.82. The smallest absolute Gasteiger partial charge is 0.351 e. The first-order valence-electron chi connectivity index (χ1n) is 4.82. The Bertz CT molecular complexity index is 526.